The number of rotatable bonds is 4. The predicted octanol–water partition coefficient (Wildman–Crippen LogP) is 5.03. The van der Waals surface area contributed by atoms with Gasteiger partial charge in [-0.1, -0.05) is 35.5 Å². The Hall–Kier alpha value is -3.09. The number of nitrogens with zero attached hydrogens (tertiary/aromatic N) is 1. The fraction of sp³-hybridized carbons (Fsp3) is 0.200. The molecule has 1 N–H and O–H groups in total. The second kappa shape index (κ2) is 6.26. The Labute approximate surface area is 153 Å². The van der Waals surface area contributed by atoms with E-state index in [1.165, 1.54) is 12.1 Å². The molecule has 4 rings (SSSR count). The van der Waals surface area contributed by atoms with Gasteiger partial charge in [0.2, 0.25) is 5.91 Å². The van der Waals surface area contributed by atoms with Crippen molar-refractivity contribution in [3.8, 4) is 11.3 Å². The molecule has 0 saturated heterocycles. The Kier molecular flexibility index (Phi) is 4.02. The first kappa shape index (κ1) is 17.3. The molecule has 1 saturated carbocycles. The maximum absolute atomic E-state index is 12.7. The monoisotopic (exact) mass is 372 g/mol. The van der Waals surface area contributed by atoms with Crippen molar-refractivity contribution in [3.63, 3.8) is 0 Å². The van der Waals surface area contributed by atoms with Crippen molar-refractivity contribution in [3.05, 3.63) is 71.9 Å². The fourth-order valence-corrected chi connectivity index (χ4v) is 2.96. The van der Waals surface area contributed by atoms with E-state index in [1.807, 2.05) is 30.3 Å². The van der Waals surface area contributed by atoms with E-state index in [9.17, 15) is 18.0 Å². The van der Waals surface area contributed by atoms with Gasteiger partial charge in [-0.05, 0) is 37.1 Å². The molecule has 0 spiro atoms. The number of hydrogen-bond donors (Lipinski definition) is 1. The standard InChI is InChI=1S/C20H15F3N2O2/c21-20(22,23)14-6-8-15(9-7-14)24-18(26)19(10-11-19)17-12-16(27-25-17)13-4-2-1-3-5-13/h1-9,12H,10-11H2,(H,24,26). The van der Waals surface area contributed by atoms with Crippen LogP contribution in [-0.2, 0) is 16.4 Å². The summed E-state index contributed by atoms with van der Waals surface area (Å²) in [5.41, 5.74) is 0.150. The average Bonchev–Trinajstić information content (AvgIpc) is 3.32. The third-order valence-electron chi connectivity index (χ3n) is 4.71. The number of hydrogen-bond acceptors (Lipinski definition) is 3. The van der Waals surface area contributed by atoms with Crippen LogP contribution in [0.4, 0.5) is 18.9 Å². The molecule has 1 aliphatic carbocycles. The summed E-state index contributed by atoms with van der Waals surface area (Å²) in [4.78, 5) is 12.7. The molecule has 1 heterocycles. The molecule has 0 unspecified atom stereocenters. The van der Waals surface area contributed by atoms with Crippen LogP contribution in [0.1, 0.15) is 24.1 Å². The van der Waals surface area contributed by atoms with Gasteiger partial charge in [0, 0.05) is 17.3 Å². The number of amides is 1. The van der Waals surface area contributed by atoms with E-state index in [0.717, 1.165) is 17.7 Å². The molecule has 1 amide bonds. The summed E-state index contributed by atoms with van der Waals surface area (Å²) in [5.74, 6) is 0.273. The van der Waals surface area contributed by atoms with Crippen LogP contribution in [0.15, 0.2) is 65.2 Å². The molecule has 0 bridgehead atoms. The number of carbonyl (C=O) groups is 1. The van der Waals surface area contributed by atoms with Crippen molar-refractivity contribution in [1.29, 1.82) is 0 Å². The first-order valence-electron chi connectivity index (χ1n) is 8.40. The van der Waals surface area contributed by atoms with E-state index in [4.69, 9.17) is 4.52 Å². The number of anilines is 1. The highest BCUT2D eigenvalue weighted by Crippen LogP contribution is 2.49. The van der Waals surface area contributed by atoms with E-state index in [2.05, 4.69) is 10.5 Å². The maximum Gasteiger partial charge on any atom is 0.416 e. The van der Waals surface area contributed by atoms with E-state index >= 15 is 0 Å². The van der Waals surface area contributed by atoms with E-state index < -0.39 is 17.2 Å². The second-order valence-corrected chi connectivity index (χ2v) is 6.55. The number of halogens is 3. The highest BCUT2D eigenvalue weighted by Gasteiger charge is 2.53. The number of alkyl halides is 3. The third kappa shape index (κ3) is 3.32. The summed E-state index contributed by atoms with van der Waals surface area (Å²) < 4.78 is 43.3. The van der Waals surface area contributed by atoms with Gasteiger partial charge in [0.15, 0.2) is 5.76 Å². The summed E-state index contributed by atoms with van der Waals surface area (Å²) in [5, 5.41) is 6.73. The molecule has 2 aromatic carbocycles. The van der Waals surface area contributed by atoms with Crippen LogP contribution in [-0.4, -0.2) is 11.1 Å². The largest absolute Gasteiger partial charge is 0.416 e. The summed E-state index contributed by atoms with van der Waals surface area (Å²) in [6.07, 6.45) is -3.19. The normalized spacial score (nSPS) is 15.4. The fourth-order valence-electron chi connectivity index (χ4n) is 2.96. The van der Waals surface area contributed by atoms with Gasteiger partial charge in [0.25, 0.3) is 0 Å². The number of nitrogens with one attached hydrogen (secondary N) is 1. The summed E-state index contributed by atoms with van der Waals surface area (Å²) in [6, 6.07) is 15.5. The predicted molar refractivity (Wildman–Crippen MR) is 92.9 cm³/mol. The summed E-state index contributed by atoms with van der Waals surface area (Å²) in [7, 11) is 0. The van der Waals surface area contributed by atoms with Crippen molar-refractivity contribution < 1.29 is 22.5 Å². The van der Waals surface area contributed by atoms with Gasteiger partial charge in [-0.2, -0.15) is 13.2 Å². The van der Waals surface area contributed by atoms with Crippen LogP contribution < -0.4 is 5.32 Å². The van der Waals surface area contributed by atoms with Crippen LogP contribution in [0.2, 0.25) is 0 Å². The van der Waals surface area contributed by atoms with Crippen LogP contribution in [0.3, 0.4) is 0 Å². The van der Waals surface area contributed by atoms with Gasteiger partial charge in [-0.3, -0.25) is 4.79 Å². The molecule has 0 radical (unpaired) electrons. The van der Waals surface area contributed by atoms with Crippen LogP contribution in [0, 0.1) is 0 Å². The van der Waals surface area contributed by atoms with E-state index in [0.29, 0.717) is 30.0 Å². The lowest BCUT2D eigenvalue weighted by Crippen LogP contribution is -2.28. The van der Waals surface area contributed by atoms with Crippen LogP contribution >= 0.6 is 0 Å². The number of benzene rings is 2. The van der Waals surface area contributed by atoms with E-state index in [1.54, 1.807) is 6.07 Å². The van der Waals surface area contributed by atoms with Crippen LogP contribution in [0.5, 0.6) is 0 Å². The first-order chi connectivity index (χ1) is 12.9. The minimum Gasteiger partial charge on any atom is -0.356 e. The van der Waals surface area contributed by atoms with Crippen molar-refractivity contribution in [2.75, 3.05) is 5.32 Å². The van der Waals surface area contributed by atoms with Gasteiger partial charge in [0.05, 0.1) is 16.7 Å². The SMILES string of the molecule is O=C(Nc1ccc(C(F)(F)F)cc1)C1(c2cc(-c3ccccc3)on2)CC1. The first-order valence-corrected chi connectivity index (χ1v) is 8.40. The van der Waals surface area contributed by atoms with Gasteiger partial charge in [0.1, 0.15) is 0 Å². The Morgan fingerprint density at radius 3 is 2.30 bits per heavy atom. The molecule has 7 heteroatoms. The molecular weight excluding hydrogens is 357 g/mol. The minimum absolute atomic E-state index is 0.296. The van der Waals surface area contributed by atoms with Crippen molar-refractivity contribution in [1.82, 2.24) is 5.16 Å². The summed E-state index contributed by atoms with van der Waals surface area (Å²) in [6.45, 7) is 0. The second-order valence-electron chi connectivity index (χ2n) is 6.55. The molecule has 1 aromatic heterocycles. The summed E-state index contributed by atoms with van der Waals surface area (Å²) >= 11 is 0. The third-order valence-corrected chi connectivity index (χ3v) is 4.71. The minimum atomic E-state index is -4.41. The average molecular weight is 372 g/mol. The molecule has 138 valence electrons. The Balaban J connectivity index is 1.51. The molecule has 1 fully saturated rings. The van der Waals surface area contributed by atoms with Gasteiger partial charge in [-0.15, -0.1) is 0 Å². The zero-order chi connectivity index (χ0) is 19.1. The molecule has 27 heavy (non-hydrogen) atoms. The smallest absolute Gasteiger partial charge is 0.356 e. The van der Waals surface area contributed by atoms with Gasteiger partial charge >= 0.3 is 6.18 Å². The zero-order valence-electron chi connectivity index (χ0n) is 14.1. The molecule has 1 aliphatic rings. The molecule has 0 aliphatic heterocycles. The van der Waals surface area contributed by atoms with Crippen molar-refractivity contribution >= 4 is 11.6 Å². The van der Waals surface area contributed by atoms with Gasteiger partial charge in [-0.25, -0.2) is 0 Å². The Bertz CT molecular complexity index is 959. The lowest BCUT2D eigenvalue weighted by Gasteiger charge is -2.13. The highest BCUT2D eigenvalue weighted by atomic mass is 19.4. The quantitative estimate of drug-likeness (QED) is 0.699. The molecular formula is C20H15F3N2O2. The lowest BCUT2D eigenvalue weighted by atomic mass is 10.00. The highest BCUT2D eigenvalue weighted by molar-refractivity contribution is 6.01. The number of aromatic nitrogens is 1. The lowest BCUT2D eigenvalue weighted by molar-refractivity contribution is -0.137. The molecule has 4 nitrogen and oxygen atoms in total. The Morgan fingerprint density at radius 2 is 1.70 bits per heavy atom. The van der Waals surface area contributed by atoms with Crippen molar-refractivity contribution in [2.45, 2.75) is 24.4 Å². The molecule has 3 aromatic rings. The molecule has 0 atom stereocenters. The number of carbonyl (C=O) groups excluding carboxylic acids is 1. The topological polar surface area (TPSA) is 55.1 Å². The maximum atomic E-state index is 12.7. The van der Waals surface area contributed by atoms with Crippen LogP contribution in [0.25, 0.3) is 11.3 Å². The van der Waals surface area contributed by atoms with Crippen molar-refractivity contribution in [2.24, 2.45) is 0 Å². The zero-order valence-corrected chi connectivity index (χ0v) is 14.1. The van der Waals surface area contributed by atoms with Gasteiger partial charge < -0.3 is 9.84 Å². The van der Waals surface area contributed by atoms with E-state index in [-0.39, 0.29) is 5.91 Å². The Morgan fingerprint density at radius 1 is 1.04 bits per heavy atom.